The molecule has 2 saturated heterocycles. The van der Waals surface area contributed by atoms with Gasteiger partial charge < -0.3 is 19.9 Å². The van der Waals surface area contributed by atoms with Gasteiger partial charge in [0.05, 0.1) is 17.0 Å². The van der Waals surface area contributed by atoms with E-state index in [4.69, 9.17) is 4.74 Å². The number of piperidine rings is 1. The van der Waals surface area contributed by atoms with Crippen LogP contribution < -0.4 is 15.8 Å². The lowest BCUT2D eigenvalue weighted by Crippen LogP contribution is -2.41. The molecule has 0 saturated carbocycles. The predicted octanol–water partition coefficient (Wildman–Crippen LogP) is 4.68. The molecule has 9 nitrogen and oxygen atoms in total. The van der Waals surface area contributed by atoms with Crippen LogP contribution in [0.1, 0.15) is 56.2 Å². The number of aromatic nitrogens is 3. The second kappa shape index (κ2) is 13.8. The normalized spacial score (nSPS) is 25.4. The fourth-order valence-electron chi connectivity index (χ4n) is 6.72. The van der Waals surface area contributed by atoms with E-state index in [1.54, 1.807) is 17.6 Å². The van der Waals surface area contributed by atoms with Crippen molar-refractivity contribution in [3.8, 4) is 0 Å². The number of aryl methyl sites for hydroxylation is 1. The van der Waals surface area contributed by atoms with Crippen molar-refractivity contribution in [1.29, 1.82) is 0 Å². The van der Waals surface area contributed by atoms with Gasteiger partial charge in [0.15, 0.2) is 0 Å². The highest BCUT2D eigenvalue weighted by Crippen LogP contribution is 2.43. The molecule has 13 heteroatoms. The minimum absolute atomic E-state index is 0.114. The molecule has 244 valence electrons. The Kier molecular flexibility index (Phi) is 9.76. The van der Waals surface area contributed by atoms with Gasteiger partial charge in [0.25, 0.3) is 11.5 Å². The maximum atomic E-state index is 16.0. The first-order valence-corrected chi connectivity index (χ1v) is 17.4. The monoisotopic (exact) mass is 646 g/mol. The number of rotatable bonds is 1. The predicted molar refractivity (Wildman–Crippen MR) is 170 cm³/mol. The van der Waals surface area contributed by atoms with Gasteiger partial charge in [-0.05, 0) is 64.7 Å². The minimum Gasteiger partial charge on any atom is -0.381 e. The molecule has 0 spiro atoms. The van der Waals surface area contributed by atoms with Crippen LogP contribution in [0.4, 0.5) is 24.7 Å². The zero-order valence-corrected chi connectivity index (χ0v) is 26.5. The van der Waals surface area contributed by atoms with E-state index in [2.05, 4.69) is 20.2 Å². The smallest absolute Gasteiger partial charge is 0.278 e. The highest BCUT2D eigenvalue weighted by Gasteiger charge is 2.45. The molecule has 7 rings (SSSR count). The zero-order valence-electron chi connectivity index (χ0n) is 25.7. The van der Waals surface area contributed by atoms with Crippen molar-refractivity contribution < 1.29 is 22.1 Å². The van der Waals surface area contributed by atoms with Crippen LogP contribution in [0.2, 0.25) is 0 Å². The first kappa shape index (κ1) is 31.9. The van der Waals surface area contributed by atoms with Crippen LogP contribution in [0.15, 0.2) is 35.4 Å². The Bertz CT molecular complexity index is 1590. The molecule has 0 unspecified atom stereocenters. The van der Waals surface area contributed by atoms with Crippen LogP contribution in [0, 0.1) is 11.7 Å². The first-order chi connectivity index (χ1) is 21.7. The van der Waals surface area contributed by atoms with Crippen molar-refractivity contribution in [2.24, 2.45) is 5.92 Å². The van der Waals surface area contributed by atoms with Crippen molar-refractivity contribution in [2.45, 2.75) is 57.5 Å². The van der Waals surface area contributed by atoms with Gasteiger partial charge in [0, 0.05) is 66.6 Å². The van der Waals surface area contributed by atoms with Gasteiger partial charge in [-0.25, -0.2) is 23.1 Å². The average Bonchev–Trinajstić information content (AvgIpc) is 3.03. The van der Waals surface area contributed by atoms with E-state index >= 15 is 13.2 Å². The van der Waals surface area contributed by atoms with Crippen LogP contribution in [0.25, 0.3) is 11.0 Å². The van der Waals surface area contributed by atoms with Crippen molar-refractivity contribution in [2.75, 3.05) is 67.7 Å². The Labute approximate surface area is 263 Å². The third kappa shape index (κ3) is 6.76. The van der Waals surface area contributed by atoms with Crippen molar-refractivity contribution in [3.05, 3.63) is 57.9 Å². The fourth-order valence-corrected chi connectivity index (χ4v) is 7.78. The lowest BCUT2D eigenvalue weighted by Gasteiger charge is -2.36. The van der Waals surface area contributed by atoms with Crippen molar-refractivity contribution in [3.63, 3.8) is 0 Å². The van der Waals surface area contributed by atoms with Crippen LogP contribution in [0.5, 0.6) is 0 Å². The maximum absolute atomic E-state index is 16.0. The lowest BCUT2D eigenvalue weighted by molar-refractivity contribution is -0.0880. The molecule has 6 heterocycles. The number of pyridine rings is 1. The van der Waals surface area contributed by atoms with E-state index in [0.717, 1.165) is 19.4 Å². The van der Waals surface area contributed by atoms with Crippen LogP contribution >= 0.6 is 0 Å². The SMILES string of the molecule is C[C@H]1Nc2ncnc3c2cc(N2CCS(=O)CC2)c(=O)n3CCCOCCCCN2CCC(CC2)C(F)(F)c2cccc1c2F. The van der Waals surface area contributed by atoms with E-state index in [0.29, 0.717) is 99.2 Å². The largest absolute Gasteiger partial charge is 0.381 e. The molecule has 1 aromatic carbocycles. The second-order valence-electron chi connectivity index (χ2n) is 12.3. The molecule has 8 bridgehead atoms. The number of nitrogens with zero attached hydrogens (tertiary/aromatic N) is 5. The topological polar surface area (TPSA) is 92.6 Å². The molecule has 2 fully saturated rings. The Morgan fingerprint density at radius 3 is 2.53 bits per heavy atom. The van der Waals surface area contributed by atoms with E-state index < -0.39 is 40.1 Å². The van der Waals surface area contributed by atoms with Gasteiger partial charge in [-0.15, -0.1) is 0 Å². The summed E-state index contributed by atoms with van der Waals surface area (Å²) in [6.07, 6.45) is 4.32. The van der Waals surface area contributed by atoms with Gasteiger partial charge >= 0.3 is 0 Å². The third-order valence-corrected chi connectivity index (χ3v) is 10.6. The van der Waals surface area contributed by atoms with Crippen LogP contribution in [0.3, 0.4) is 0 Å². The van der Waals surface area contributed by atoms with E-state index in [1.807, 2.05) is 4.90 Å². The summed E-state index contributed by atoms with van der Waals surface area (Å²) < 4.78 is 67.3. The number of benzene rings is 1. The molecule has 2 aromatic heterocycles. The molecular weight excluding hydrogens is 605 g/mol. The second-order valence-corrected chi connectivity index (χ2v) is 14.0. The summed E-state index contributed by atoms with van der Waals surface area (Å²) in [4.78, 5) is 26.9. The van der Waals surface area contributed by atoms with Crippen molar-refractivity contribution >= 4 is 33.3 Å². The van der Waals surface area contributed by atoms with Crippen molar-refractivity contribution in [1.82, 2.24) is 19.4 Å². The summed E-state index contributed by atoms with van der Waals surface area (Å²) in [5.41, 5.74) is 0.215. The number of anilines is 2. The highest BCUT2D eigenvalue weighted by atomic mass is 32.2. The number of nitrogens with one attached hydrogen (secondary N) is 1. The number of halogens is 3. The Balaban J connectivity index is 1.39. The quantitative estimate of drug-likeness (QED) is 0.408. The average molecular weight is 647 g/mol. The van der Waals surface area contributed by atoms with Gasteiger partial charge in [-0.2, -0.15) is 0 Å². The number of ether oxygens (including phenoxy) is 1. The summed E-state index contributed by atoms with van der Waals surface area (Å²) in [6.45, 7) is 6.04. The summed E-state index contributed by atoms with van der Waals surface area (Å²) in [5.74, 6) is -3.85. The van der Waals surface area contributed by atoms with Gasteiger partial charge in [0.1, 0.15) is 29.3 Å². The van der Waals surface area contributed by atoms with E-state index in [-0.39, 0.29) is 11.1 Å². The maximum Gasteiger partial charge on any atom is 0.278 e. The van der Waals surface area contributed by atoms with Gasteiger partial charge in [0.2, 0.25) is 0 Å². The molecule has 0 radical (unpaired) electrons. The molecular formula is C32H41F3N6O3S. The number of hydrogen-bond donors (Lipinski definition) is 1. The molecule has 1 N–H and O–H groups in total. The Hall–Kier alpha value is -3.03. The Morgan fingerprint density at radius 1 is 1.00 bits per heavy atom. The first-order valence-electron chi connectivity index (χ1n) is 16.0. The van der Waals surface area contributed by atoms with Crippen LogP contribution in [-0.2, 0) is 28.0 Å². The standard InChI is InChI=1S/C32H41F3N6O3S/c1-22-24-6-4-7-26(28(24)33)32(34,35)23-8-12-39(13-9-23)10-2-3-16-44-17-5-11-41-30-25(29(38-22)36-21-37-30)20-27(31(41)42)40-14-18-45(43)19-15-40/h4,6-7,20-23H,2-3,5,8-19H2,1H3,(H,36,37,38)/t22-/m1/s1. The molecule has 4 aliphatic rings. The number of fused-ring (bicyclic) bond motifs is 10. The van der Waals surface area contributed by atoms with E-state index in [9.17, 15) is 9.00 Å². The molecule has 3 aromatic rings. The summed E-state index contributed by atoms with van der Waals surface area (Å²) in [5, 5.41) is 3.79. The molecule has 0 aliphatic carbocycles. The Morgan fingerprint density at radius 2 is 1.76 bits per heavy atom. The summed E-state index contributed by atoms with van der Waals surface area (Å²) in [7, 11) is -0.922. The molecule has 0 amide bonds. The summed E-state index contributed by atoms with van der Waals surface area (Å²) in [6, 6.07) is 5.23. The molecule has 45 heavy (non-hydrogen) atoms. The third-order valence-electron chi connectivity index (χ3n) is 9.37. The minimum atomic E-state index is -3.30. The van der Waals surface area contributed by atoms with Gasteiger partial charge in [-0.1, -0.05) is 18.2 Å². The summed E-state index contributed by atoms with van der Waals surface area (Å²) >= 11 is 0. The van der Waals surface area contributed by atoms with Gasteiger partial charge in [-0.3, -0.25) is 13.6 Å². The zero-order chi connectivity index (χ0) is 31.6. The lowest BCUT2D eigenvalue weighted by atomic mass is 9.85. The molecule has 1 atom stereocenters. The molecule has 4 aliphatic heterocycles. The van der Waals surface area contributed by atoms with Crippen LogP contribution in [-0.4, -0.2) is 81.1 Å². The number of alkyl halides is 2. The number of hydrogen-bond acceptors (Lipinski definition) is 8. The highest BCUT2D eigenvalue weighted by molar-refractivity contribution is 7.85. The fraction of sp³-hybridized carbons (Fsp3) is 0.594. The van der Waals surface area contributed by atoms with E-state index in [1.165, 1.54) is 24.5 Å².